The molecular formula is C14H13N3O4S2. The molecule has 2 aromatic rings. The van der Waals surface area contributed by atoms with E-state index in [1.807, 2.05) is 11.4 Å². The molecule has 0 aliphatic carbocycles. The first kappa shape index (κ1) is 15.7. The highest BCUT2D eigenvalue weighted by Crippen LogP contribution is 2.25. The van der Waals surface area contributed by atoms with Crippen molar-refractivity contribution in [3.8, 4) is 0 Å². The molecule has 120 valence electrons. The van der Waals surface area contributed by atoms with Crippen molar-refractivity contribution in [3.63, 3.8) is 0 Å². The Kier molecular flexibility index (Phi) is 4.16. The monoisotopic (exact) mass is 351 g/mol. The van der Waals surface area contributed by atoms with Crippen LogP contribution in [0.2, 0.25) is 0 Å². The maximum Gasteiger partial charge on any atom is 0.257 e. The lowest BCUT2D eigenvalue weighted by atomic mass is 10.2. The van der Waals surface area contributed by atoms with Crippen LogP contribution in [0.1, 0.15) is 10.4 Å². The molecule has 3 rings (SSSR count). The molecule has 0 unspecified atom stereocenters. The van der Waals surface area contributed by atoms with Crippen LogP contribution in [0.3, 0.4) is 0 Å². The Morgan fingerprint density at radius 1 is 1.30 bits per heavy atom. The van der Waals surface area contributed by atoms with E-state index in [1.54, 1.807) is 6.07 Å². The van der Waals surface area contributed by atoms with Gasteiger partial charge in [0.1, 0.15) is 0 Å². The summed E-state index contributed by atoms with van der Waals surface area (Å²) in [5.41, 5.74) is 3.40. The first-order valence-electron chi connectivity index (χ1n) is 6.70. The predicted octanol–water partition coefficient (Wildman–Crippen LogP) is 0.795. The standard InChI is InChI=1S/C14H13N3O4S2/c18-13-7-9-6-11(3-4-12(9)15-13)23(20,21)17-16-14(19)8-10-2-1-5-22-10/h1-6,17H,7-8H2,(H,15,18)(H,16,19). The Morgan fingerprint density at radius 3 is 2.87 bits per heavy atom. The third-order valence-corrected chi connectivity index (χ3v) is 5.37. The SMILES string of the molecule is O=C(Cc1cccs1)NNS(=O)(=O)c1ccc2c(c1)CC(=O)N2. The van der Waals surface area contributed by atoms with Crippen LogP contribution in [0.15, 0.2) is 40.6 Å². The number of nitrogens with one attached hydrogen (secondary N) is 3. The highest BCUT2D eigenvalue weighted by atomic mass is 32.2. The van der Waals surface area contributed by atoms with Crippen LogP contribution in [0.4, 0.5) is 5.69 Å². The topological polar surface area (TPSA) is 104 Å². The normalized spacial score (nSPS) is 13.5. The number of hydrogen-bond donors (Lipinski definition) is 3. The summed E-state index contributed by atoms with van der Waals surface area (Å²) >= 11 is 1.42. The van der Waals surface area contributed by atoms with Gasteiger partial charge < -0.3 is 5.32 Å². The van der Waals surface area contributed by atoms with E-state index in [-0.39, 0.29) is 23.6 Å². The van der Waals surface area contributed by atoms with Gasteiger partial charge in [-0.2, -0.15) is 0 Å². The molecule has 0 radical (unpaired) electrons. The minimum Gasteiger partial charge on any atom is -0.326 e. The molecule has 23 heavy (non-hydrogen) atoms. The van der Waals surface area contributed by atoms with E-state index in [4.69, 9.17) is 0 Å². The maximum absolute atomic E-state index is 12.2. The van der Waals surface area contributed by atoms with Crippen molar-refractivity contribution in [2.45, 2.75) is 17.7 Å². The van der Waals surface area contributed by atoms with Crippen molar-refractivity contribution in [1.29, 1.82) is 0 Å². The number of rotatable bonds is 5. The average molecular weight is 351 g/mol. The molecule has 1 aliphatic heterocycles. The molecule has 1 aromatic carbocycles. The average Bonchev–Trinajstić information content (AvgIpc) is 3.12. The van der Waals surface area contributed by atoms with Crippen LogP contribution in [0, 0.1) is 0 Å². The van der Waals surface area contributed by atoms with Gasteiger partial charge in [0, 0.05) is 10.6 Å². The van der Waals surface area contributed by atoms with E-state index in [1.165, 1.54) is 29.5 Å². The first-order valence-corrected chi connectivity index (χ1v) is 9.06. The largest absolute Gasteiger partial charge is 0.326 e. The Morgan fingerprint density at radius 2 is 2.13 bits per heavy atom. The molecule has 0 saturated heterocycles. The molecular weight excluding hydrogens is 338 g/mol. The summed E-state index contributed by atoms with van der Waals surface area (Å²) in [6, 6.07) is 7.93. The van der Waals surface area contributed by atoms with Crippen LogP contribution in [-0.2, 0) is 32.5 Å². The highest BCUT2D eigenvalue weighted by molar-refractivity contribution is 7.89. The van der Waals surface area contributed by atoms with Crippen LogP contribution in [0.25, 0.3) is 0 Å². The van der Waals surface area contributed by atoms with E-state index in [2.05, 4.69) is 15.6 Å². The quantitative estimate of drug-likeness (QED) is 0.693. The van der Waals surface area contributed by atoms with Gasteiger partial charge in [0.2, 0.25) is 11.8 Å². The minimum atomic E-state index is -3.89. The molecule has 0 fully saturated rings. The summed E-state index contributed by atoms with van der Waals surface area (Å²) in [5.74, 6) is -0.624. The van der Waals surface area contributed by atoms with Crippen LogP contribution < -0.4 is 15.6 Å². The van der Waals surface area contributed by atoms with Gasteiger partial charge in [-0.15, -0.1) is 16.2 Å². The number of hydrazine groups is 1. The zero-order chi connectivity index (χ0) is 16.4. The molecule has 3 N–H and O–H groups in total. The fourth-order valence-corrected chi connectivity index (χ4v) is 3.79. The van der Waals surface area contributed by atoms with Gasteiger partial charge >= 0.3 is 0 Å². The minimum absolute atomic E-state index is 0.0100. The zero-order valence-electron chi connectivity index (χ0n) is 11.8. The van der Waals surface area contributed by atoms with Gasteiger partial charge in [-0.3, -0.25) is 15.0 Å². The molecule has 0 atom stereocenters. The van der Waals surface area contributed by atoms with Gasteiger partial charge in [-0.25, -0.2) is 8.42 Å². The molecule has 1 aliphatic rings. The molecule has 0 saturated carbocycles. The second kappa shape index (κ2) is 6.11. The maximum atomic E-state index is 12.2. The van der Waals surface area contributed by atoms with Crippen LogP contribution >= 0.6 is 11.3 Å². The van der Waals surface area contributed by atoms with Gasteiger partial charge in [-0.1, -0.05) is 6.07 Å². The van der Waals surface area contributed by atoms with Gasteiger partial charge in [-0.05, 0) is 35.2 Å². The van der Waals surface area contributed by atoms with Crippen molar-refractivity contribution in [1.82, 2.24) is 10.3 Å². The molecule has 0 bridgehead atoms. The van der Waals surface area contributed by atoms with E-state index < -0.39 is 15.9 Å². The third-order valence-electron chi connectivity index (χ3n) is 3.25. The molecule has 0 spiro atoms. The lowest BCUT2D eigenvalue weighted by Gasteiger charge is -2.09. The zero-order valence-corrected chi connectivity index (χ0v) is 13.5. The van der Waals surface area contributed by atoms with E-state index in [0.29, 0.717) is 11.3 Å². The van der Waals surface area contributed by atoms with Crippen LogP contribution in [-0.4, -0.2) is 20.2 Å². The molecule has 2 amide bonds. The summed E-state index contributed by atoms with van der Waals surface area (Å²) < 4.78 is 24.4. The molecule has 7 nitrogen and oxygen atoms in total. The molecule has 1 aromatic heterocycles. The second-order valence-corrected chi connectivity index (χ2v) is 7.67. The summed E-state index contributed by atoms with van der Waals surface area (Å²) in [7, 11) is -3.89. The Balaban J connectivity index is 1.66. The van der Waals surface area contributed by atoms with Crippen molar-refractivity contribution in [2.24, 2.45) is 0 Å². The number of sulfonamides is 1. The summed E-state index contributed by atoms with van der Waals surface area (Å²) in [6.07, 6.45) is 0.242. The number of carbonyl (C=O) groups is 2. The number of amides is 2. The van der Waals surface area contributed by atoms with Gasteiger partial charge in [0.05, 0.1) is 17.7 Å². The number of thiophene rings is 1. The number of benzene rings is 1. The third kappa shape index (κ3) is 3.58. The number of carbonyl (C=O) groups excluding carboxylic acids is 2. The van der Waals surface area contributed by atoms with Crippen molar-refractivity contribution in [2.75, 3.05) is 5.32 Å². The molecule has 2 heterocycles. The van der Waals surface area contributed by atoms with E-state index in [9.17, 15) is 18.0 Å². The number of fused-ring (bicyclic) bond motifs is 1. The van der Waals surface area contributed by atoms with E-state index in [0.717, 1.165) is 4.88 Å². The first-order chi connectivity index (χ1) is 10.9. The van der Waals surface area contributed by atoms with Crippen molar-refractivity contribution >= 4 is 38.9 Å². The van der Waals surface area contributed by atoms with E-state index >= 15 is 0 Å². The van der Waals surface area contributed by atoms with Crippen molar-refractivity contribution < 1.29 is 18.0 Å². The Bertz CT molecular complexity index is 860. The lowest BCUT2D eigenvalue weighted by Crippen LogP contribution is -2.42. The Labute approximate surface area is 136 Å². The Hall–Kier alpha value is -2.23. The summed E-state index contributed by atoms with van der Waals surface area (Å²) in [4.78, 5) is 25.9. The lowest BCUT2D eigenvalue weighted by molar-refractivity contribution is -0.121. The van der Waals surface area contributed by atoms with Gasteiger partial charge in [0.25, 0.3) is 10.0 Å². The summed E-state index contributed by atoms with van der Waals surface area (Å²) in [6.45, 7) is 0. The fraction of sp³-hybridized carbons (Fsp3) is 0.143. The van der Waals surface area contributed by atoms with Crippen LogP contribution in [0.5, 0.6) is 0 Å². The predicted molar refractivity (Wildman–Crippen MR) is 85.3 cm³/mol. The van der Waals surface area contributed by atoms with Crippen molar-refractivity contribution in [3.05, 3.63) is 46.2 Å². The number of hydrogen-bond acceptors (Lipinski definition) is 5. The number of anilines is 1. The highest BCUT2D eigenvalue weighted by Gasteiger charge is 2.22. The second-order valence-electron chi connectivity index (χ2n) is 4.95. The smallest absolute Gasteiger partial charge is 0.257 e. The summed E-state index contributed by atoms with van der Waals surface area (Å²) in [5, 5.41) is 4.47. The molecule has 9 heteroatoms. The fourth-order valence-electron chi connectivity index (χ4n) is 2.17. The van der Waals surface area contributed by atoms with Gasteiger partial charge in [0.15, 0.2) is 0 Å².